The van der Waals surface area contributed by atoms with Gasteiger partial charge in [0, 0.05) is 17.6 Å². The zero-order valence-electron chi connectivity index (χ0n) is 13.8. The molecule has 0 heterocycles. The minimum Gasteiger partial charge on any atom is -0.323 e. The van der Waals surface area contributed by atoms with Gasteiger partial charge in [0.1, 0.15) is 5.82 Å². The van der Waals surface area contributed by atoms with Crippen molar-refractivity contribution in [2.24, 2.45) is 0 Å². The predicted octanol–water partition coefficient (Wildman–Crippen LogP) is 5.12. The van der Waals surface area contributed by atoms with E-state index in [0.29, 0.717) is 28.3 Å². The number of carbonyl (C=O) groups excluding carboxylic acids is 1. The van der Waals surface area contributed by atoms with E-state index < -0.39 is 0 Å². The number of nitrogens with zero attached hydrogens (tertiary/aromatic N) is 1. The highest BCUT2D eigenvalue weighted by Crippen LogP contribution is 2.31. The first-order chi connectivity index (χ1) is 11.9. The first kappa shape index (κ1) is 18.2. The fourth-order valence-electron chi connectivity index (χ4n) is 2.77. The molecular weight excluding hydrogens is 362 g/mol. The molecule has 132 valence electrons. The van der Waals surface area contributed by atoms with Crippen molar-refractivity contribution >= 4 is 34.8 Å². The van der Waals surface area contributed by atoms with Crippen LogP contribution in [0, 0.1) is 5.82 Å². The second-order valence-corrected chi connectivity index (χ2v) is 7.16. The molecule has 1 fully saturated rings. The summed E-state index contributed by atoms with van der Waals surface area (Å²) in [6.45, 7) is 2.47. The van der Waals surface area contributed by atoms with Crippen LogP contribution >= 0.6 is 23.2 Å². The Morgan fingerprint density at radius 2 is 1.92 bits per heavy atom. The number of hydrogen-bond donors (Lipinski definition) is 1. The summed E-state index contributed by atoms with van der Waals surface area (Å²) in [6.07, 6.45) is 2.13. The van der Waals surface area contributed by atoms with E-state index in [2.05, 4.69) is 10.2 Å². The average molecular weight is 381 g/mol. The van der Waals surface area contributed by atoms with Gasteiger partial charge in [-0.3, -0.25) is 9.69 Å². The summed E-state index contributed by atoms with van der Waals surface area (Å²) in [7, 11) is 0. The van der Waals surface area contributed by atoms with E-state index in [9.17, 15) is 9.18 Å². The van der Waals surface area contributed by atoms with Crippen LogP contribution in [0.1, 0.15) is 25.3 Å². The second-order valence-electron chi connectivity index (χ2n) is 6.32. The van der Waals surface area contributed by atoms with Crippen molar-refractivity contribution in [1.29, 1.82) is 0 Å². The number of carbonyl (C=O) groups is 1. The quantitative estimate of drug-likeness (QED) is 0.753. The Kier molecular flexibility index (Phi) is 5.62. The van der Waals surface area contributed by atoms with Gasteiger partial charge in [0.2, 0.25) is 5.91 Å². The van der Waals surface area contributed by atoms with Gasteiger partial charge in [-0.05, 0) is 55.7 Å². The molecule has 3 rings (SSSR count). The SMILES string of the molecule is C[C@H](C(=O)Nc1cc(Cl)ccc1Cl)N(Cc1ccc(F)cc1)C1CC1. The molecule has 0 aromatic heterocycles. The normalized spacial score (nSPS) is 15.2. The molecule has 3 nitrogen and oxygen atoms in total. The van der Waals surface area contributed by atoms with Crippen LogP contribution < -0.4 is 5.32 Å². The molecule has 25 heavy (non-hydrogen) atoms. The third-order valence-corrected chi connectivity index (χ3v) is 4.92. The summed E-state index contributed by atoms with van der Waals surface area (Å²) in [4.78, 5) is 14.8. The van der Waals surface area contributed by atoms with Gasteiger partial charge in [0.25, 0.3) is 0 Å². The number of halogens is 3. The van der Waals surface area contributed by atoms with Crippen LogP contribution in [-0.4, -0.2) is 22.9 Å². The number of rotatable bonds is 6. The topological polar surface area (TPSA) is 32.3 Å². The van der Waals surface area contributed by atoms with Crippen LogP contribution in [0.5, 0.6) is 0 Å². The minimum absolute atomic E-state index is 0.141. The highest BCUT2D eigenvalue weighted by atomic mass is 35.5. The largest absolute Gasteiger partial charge is 0.323 e. The summed E-state index contributed by atoms with van der Waals surface area (Å²) in [5.41, 5.74) is 1.48. The van der Waals surface area contributed by atoms with E-state index in [4.69, 9.17) is 23.2 Å². The molecule has 0 spiro atoms. The van der Waals surface area contributed by atoms with E-state index >= 15 is 0 Å². The van der Waals surface area contributed by atoms with Crippen molar-refractivity contribution in [2.75, 3.05) is 5.32 Å². The maximum atomic E-state index is 13.1. The number of hydrogen-bond acceptors (Lipinski definition) is 2. The van der Waals surface area contributed by atoms with Crippen LogP contribution in [0.4, 0.5) is 10.1 Å². The molecule has 0 aliphatic heterocycles. The van der Waals surface area contributed by atoms with Crippen molar-refractivity contribution < 1.29 is 9.18 Å². The highest BCUT2D eigenvalue weighted by molar-refractivity contribution is 6.35. The first-order valence-electron chi connectivity index (χ1n) is 8.20. The zero-order chi connectivity index (χ0) is 18.0. The van der Waals surface area contributed by atoms with E-state index in [-0.39, 0.29) is 17.8 Å². The lowest BCUT2D eigenvalue weighted by atomic mass is 10.1. The van der Waals surface area contributed by atoms with E-state index in [1.165, 1.54) is 12.1 Å². The molecule has 1 atom stereocenters. The summed E-state index contributed by atoms with van der Waals surface area (Å²) < 4.78 is 13.1. The van der Waals surface area contributed by atoms with Gasteiger partial charge in [-0.1, -0.05) is 35.3 Å². The minimum atomic E-state index is -0.340. The molecule has 0 bridgehead atoms. The van der Waals surface area contributed by atoms with E-state index in [1.54, 1.807) is 30.3 Å². The number of benzene rings is 2. The number of nitrogens with one attached hydrogen (secondary N) is 1. The lowest BCUT2D eigenvalue weighted by Gasteiger charge is -2.28. The number of anilines is 1. The summed E-state index contributed by atoms with van der Waals surface area (Å²) in [5, 5.41) is 3.81. The lowest BCUT2D eigenvalue weighted by Crippen LogP contribution is -2.43. The molecule has 1 aliphatic carbocycles. The van der Waals surface area contributed by atoms with Crippen LogP contribution in [-0.2, 0) is 11.3 Å². The molecule has 1 amide bonds. The van der Waals surface area contributed by atoms with E-state index in [1.807, 2.05) is 6.92 Å². The van der Waals surface area contributed by atoms with Crippen LogP contribution in [0.15, 0.2) is 42.5 Å². The third-order valence-electron chi connectivity index (χ3n) is 4.36. The van der Waals surface area contributed by atoms with Gasteiger partial charge in [0.05, 0.1) is 16.8 Å². The fourth-order valence-corrected chi connectivity index (χ4v) is 3.11. The van der Waals surface area contributed by atoms with Gasteiger partial charge < -0.3 is 5.32 Å². The molecule has 2 aromatic rings. The molecule has 0 radical (unpaired) electrons. The Labute approximate surface area is 156 Å². The summed E-state index contributed by atoms with van der Waals surface area (Å²) in [6, 6.07) is 11.4. The molecule has 0 unspecified atom stereocenters. The molecular formula is C19H19Cl2FN2O. The molecule has 6 heteroatoms. The van der Waals surface area contributed by atoms with Gasteiger partial charge in [0.15, 0.2) is 0 Å². The third kappa shape index (κ3) is 4.72. The van der Waals surface area contributed by atoms with Gasteiger partial charge in [-0.15, -0.1) is 0 Å². The van der Waals surface area contributed by atoms with Crippen LogP contribution in [0.25, 0.3) is 0 Å². The van der Waals surface area contributed by atoms with E-state index in [0.717, 1.165) is 18.4 Å². The van der Waals surface area contributed by atoms with Gasteiger partial charge in [-0.25, -0.2) is 4.39 Å². The van der Waals surface area contributed by atoms with Crippen molar-refractivity contribution in [1.82, 2.24) is 4.90 Å². The highest BCUT2D eigenvalue weighted by Gasteiger charge is 2.35. The lowest BCUT2D eigenvalue weighted by molar-refractivity contribution is -0.121. The second kappa shape index (κ2) is 7.73. The maximum Gasteiger partial charge on any atom is 0.241 e. The molecule has 1 aliphatic rings. The fraction of sp³-hybridized carbons (Fsp3) is 0.316. The number of amides is 1. The summed E-state index contributed by atoms with van der Waals surface area (Å²) in [5.74, 6) is -0.402. The van der Waals surface area contributed by atoms with Crippen molar-refractivity contribution in [3.63, 3.8) is 0 Å². The average Bonchev–Trinajstić information content (AvgIpc) is 3.42. The van der Waals surface area contributed by atoms with Crippen molar-refractivity contribution in [3.8, 4) is 0 Å². The molecule has 1 saturated carbocycles. The standard InChI is InChI=1S/C19H19Cl2FN2O/c1-12(19(25)23-18-10-14(20)4-9-17(18)21)24(16-7-8-16)11-13-2-5-15(22)6-3-13/h2-6,9-10,12,16H,7-8,11H2,1H3,(H,23,25)/t12-/m1/s1. The Hall–Kier alpha value is -1.62. The maximum absolute atomic E-state index is 13.1. The Balaban J connectivity index is 1.71. The van der Waals surface area contributed by atoms with Gasteiger partial charge in [-0.2, -0.15) is 0 Å². The smallest absolute Gasteiger partial charge is 0.241 e. The zero-order valence-corrected chi connectivity index (χ0v) is 15.3. The van der Waals surface area contributed by atoms with Crippen molar-refractivity contribution in [3.05, 3.63) is 63.9 Å². The molecule has 0 saturated heterocycles. The molecule has 1 N–H and O–H groups in total. The first-order valence-corrected chi connectivity index (χ1v) is 8.96. The Morgan fingerprint density at radius 1 is 1.24 bits per heavy atom. The summed E-state index contributed by atoms with van der Waals surface area (Å²) >= 11 is 12.1. The predicted molar refractivity (Wildman–Crippen MR) is 99.5 cm³/mol. The van der Waals surface area contributed by atoms with Crippen molar-refractivity contribution in [2.45, 2.75) is 38.4 Å². The van der Waals surface area contributed by atoms with Gasteiger partial charge >= 0.3 is 0 Å². The Morgan fingerprint density at radius 3 is 2.56 bits per heavy atom. The van der Waals surface area contributed by atoms with Crippen LogP contribution in [0.2, 0.25) is 10.0 Å². The van der Waals surface area contributed by atoms with Crippen LogP contribution in [0.3, 0.4) is 0 Å². The monoisotopic (exact) mass is 380 g/mol. The molecule has 2 aromatic carbocycles. The Bertz CT molecular complexity index is 763.